The minimum Gasteiger partial charge on any atom is -0.508 e. The third kappa shape index (κ3) is 4.24. The molecule has 0 spiro atoms. The lowest BCUT2D eigenvalue weighted by Crippen LogP contribution is -2.10. The molecule has 4 rings (SSSR count). The minimum absolute atomic E-state index is 0.435. The summed E-state index contributed by atoms with van der Waals surface area (Å²) in [6.07, 6.45) is 8.24. The van der Waals surface area contributed by atoms with Crippen molar-refractivity contribution < 1.29 is 5.11 Å². The fraction of sp³-hybridized carbons (Fsp3) is 0.308. The van der Waals surface area contributed by atoms with E-state index in [1.54, 1.807) is 0 Å². The summed E-state index contributed by atoms with van der Waals surface area (Å²) in [5.41, 5.74) is 6.48. The molecular weight excluding hydrogens is 328 g/mol. The van der Waals surface area contributed by atoms with Crippen molar-refractivity contribution in [1.29, 1.82) is 0 Å². The lowest BCUT2D eigenvalue weighted by Gasteiger charge is -2.26. The fourth-order valence-electron chi connectivity index (χ4n) is 4.50. The predicted octanol–water partition coefficient (Wildman–Crippen LogP) is 6.62. The van der Waals surface area contributed by atoms with E-state index >= 15 is 0 Å². The molecule has 0 bridgehead atoms. The first-order chi connectivity index (χ1) is 13.3. The molecule has 1 aliphatic carbocycles. The van der Waals surface area contributed by atoms with Gasteiger partial charge in [-0.2, -0.15) is 0 Å². The molecule has 3 aromatic carbocycles. The van der Waals surface area contributed by atoms with Crippen molar-refractivity contribution >= 4 is 0 Å². The first-order valence-corrected chi connectivity index (χ1v) is 10.2. The molecule has 1 fully saturated rings. The monoisotopic (exact) mass is 356 g/mol. The van der Waals surface area contributed by atoms with Crippen LogP contribution in [0.3, 0.4) is 0 Å². The molecule has 0 atom stereocenters. The van der Waals surface area contributed by atoms with Crippen LogP contribution in [0.15, 0.2) is 72.8 Å². The third-order valence-electron chi connectivity index (χ3n) is 5.94. The van der Waals surface area contributed by atoms with Crippen molar-refractivity contribution in [3.05, 3.63) is 101 Å². The van der Waals surface area contributed by atoms with E-state index in [1.807, 2.05) is 12.1 Å². The highest BCUT2D eigenvalue weighted by Gasteiger charge is 2.22. The summed E-state index contributed by atoms with van der Waals surface area (Å²) >= 11 is 0. The van der Waals surface area contributed by atoms with Gasteiger partial charge in [0.2, 0.25) is 0 Å². The Morgan fingerprint density at radius 2 is 1.19 bits per heavy atom. The van der Waals surface area contributed by atoms with Crippen LogP contribution in [0.25, 0.3) is 0 Å². The van der Waals surface area contributed by atoms with Gasteiger partial charge in [0.1, 0.15) is 5.75 Å². The smallest absolute Gasteiger partial charge is 0.119 e. The summed E-state index contributed by atoms with van der Waals surface area (Å²) in [4.78, 5) is 0. The number of hydrogen-bond acceptors (Lipinski definition) is 1. The predicted molar refractivity (Wildman–Crippen MR) is 112 cm³/mol. The minimum atomic E-state index is 0.435. The van der Waals surface area contributed by atoms with Crippen molar-refractivity contribution in [2.45, 2.75) is 50.9 Å². The van der Waals surface area contributed by atoms with Crippen LogP contribution in [0, 0.1) is 0 Å². The summed E-state index contributed by atoms with van der Waals surface area (Å²) < 4.78 is 0. The second kappa shape index (κ2) is 8.43. The van der Waals surface area contributed by atoms with Gasteiger partial charge >= 0.3 is 0 Å². The number of phenolic OH excluding ortho intramolecular Hbond substituents is 1. The van der Waals surface area contributed by atoms with Crippen LogP contribution < -0.4 is 0 Å². The van der Waals surface area contributed by atoms with E-state index < -0.39 is 0 Å². The second-order valence-corrected chi connectivity index (χ2v) is 7.79. The van der Waals surface area contributed by atoms with Gasteiger partial charge < -0.3 is 5.11 Å². The van der Waals surface area contributed by atoms with Crippen LogP contribution >= 0.6 is 0 Å². The Balaban J connectivity index is 1.77. The second-order valence-electron chi connectivity index (χ2n) is 7.79. The molecule has 1 saturated carbocycles. The van der Waals surface area contributed by atoms with Gasteiger partial charge in [0.15, 0.2) is 0 Å². The quantitative estimate of drug-likeness (QED) is 0.544. The molecule has 27 heavy (non-hydrogen) atoms. The lowest BCUT2D eigenvalue weighted by molar-refractivity contribution is 0.438. The van der Waals surface area contributed by atoms with E-state index in [1.165, 1.54) is 54.4 Å². The normalized spacial score (nSPS) is 15.0. The topological polar surface area (TPSA) is 20.2 Å². The van der Waals surface area contributed by atoms with Crippen LogP contribution in [0.1, 0.15) is 65.8 Å². The van der Waals surface area contributed by atoms with Crippen molar-refractivity contribution in [3.63, 3.8) is 0 Å². The molecular formula is C26H28O. The van der Waals surface area contributed by atoms with Gasteiger partial charge in [-0.15, -0.1) is 0 Å². The Morgan fingerprint density at radius 3 is 1.78 bits per heavy atom. The number of rotatable bonds is 5. The Labute approximate surface area is 162 Å². The van der Waals surface area contributed by atoms with E-state index in [2.05, 4.69) is 60.7 Å². The average Bonchev–Trinajstić information content (AvgIpc) is 2.73. The molecule has 1 aliphatic rings. The summed E-state index contributed by atoms with van der Waals surface area (Å²) in [5.74, 6) is 1.07. The first kappa shape index (κ1) is 17.9. The van der Waals surface area contributed by atoms with E-state index in [0.29, 0.717) is 11.7 Å². The van der Waals surface area contributed by atoms with Gasteiger partial charge in [0, 0.05) is 12.0 Å². The van der Waals surface area contributed by atoms with E-state index in [9.17, 15) is 5.11 Å². The summed E-state index contributed by atoms with van der Waals surface area (Å²) in [6.45, 7) is 0. The van der Waals surface area contributed by atoms with Gasteiger partial charge in [-0.25, -0.2) is 0 Å². The molecule has 0 radical (unpaired) electrons. The number of benzene rings is 3. The van der Waals surface area contributed by atoms with Crippen LogP contribution in [0.2, 0.25) is 0 Å². The standard InChI is InChI=1S/C26H28O/c27-26-17-16-23(22-14-8-3-9-15-22)24(18-20-10-4-1-5-11-20)25(26)19-21-12-6-2-7-13-21/h1-2,4-7,10-13,16-17,22,27H,3,8-9,14-15,18-19H2. The van der Waals surface area contributed by atoms with Gasteiger partial charge in [-0.05, 0) is 53.5 Å². The van der Waals surface area contributed by atoms with Crippen molar-refractivity contribution in [1.82, 2.24) is 0 Å². The van der Waals surface area contributed by atoms with E-state index in [-0.39, 0.29) is 0 Å². The average molecular weight is 357 g/mol. The molecule has 1 nitrogen and oxygen atoms in total. The molecule has 3 aromatic rings. The molecule has 0 amide bonds. The zero-order chi connectivity index (χ0) is 18.5. The van der Waals surface area contributed by atoms with Crippen molar-refractivity contribution in [3.8, 4) is 5.75 Å². The van der Waals surface area contributed by atoms with Crippen LogP contribution in [-0.2, 0) is 12.8 Å². The molecule has 1 N–H and O–H groups in total. The summed E-state index contributed by atoms with van der Waals surface area (Å²) in [5, 5.41) is 10.8. The molecule has 0 saturated heterocycles. The maximum atomic E-state index is 10.8. The number of aromatic hydroxyl groups is 1. The zero-order valence-corrected chi connectivity index (χ0v) is 15.9. The Bertz CT molecular complexity index is 861. The van der Waals surface area contributed by atoms with Crippen LogP contribution in [-0.4, -0.2) is 5.11 Å². The lowest BCUT2D eigenvalue weighted by atomic mass is 9.79. The van der Waals surface area contributed by atoms with Crippen molar-refractivity contribution in [2.24, 2.45) is 0 Å². The maximum Gasteiger partial charge on any atom is 0.119 e. The Morgan fingerprint density at radius 1 is 0.630 bits per heavy atom. The molecule has 0 aliphatic heterocycles. The van der Waals surface area contributed by atoms with Crippen LogP contribution in [0.5, 0.6) is 5.75 Å². The zero-order valence-electron chi connectivity index (χ0n) is 15.9. The highest BCUT2D eigenvalue weighted by Crippen LogP contribution is 2.39. The molecule has 0 heterocycles. The highest BCUT2D eigenvalue weighted by molar-refractivity contribution is 5.50. The fourth-order valence-corrected chi connectivity index (χ4v) is 4.50. The third-order valence-corrected chi connectivity index (χ3v) is 5.94. The maximum absolute atomic E-state index is 10.8. The van der Waals surface area contributed by atoms with Gasteiger partial charge in [0.25, 0.3) is 0 Å². The van der Waals surface area contributed by atoms with E-state index in [0.717, 1.165) is 18.4 Å². The molecule has 0 aromatic heterocycles. The molecule has 1 heteroatoms. The highest BCUT2D eigenvalue weighted by atomic mass is 16.3. The van der Waals surface area contributed by atoms with Gasteiger partial charge in [0.05, 0.1) is 0 Å². The van der Waals surface area contributed by atoms with Gasteiger partial charge in [-0.3, -0.25) is 0 Å². The van der Waals surface area contributed by atoms with Crippen LogP contribution in [0.4, 0.5) is 0 Å². The van der Waals surface area contributed by atoms with Gasteiger partial charge in [-0.1, -0.05) is 86.0 Å². The molecule has 0 unspecified atom stereocenters. The summed E-state index contributed by atoms with van der Waals surface area (Å²) in [6, 6.07) is 25.3. The van der Waals surface area contributed by atoms with E-state index in [4.69, 9.17) is 0 Å². The molecule has 138 valence electrons. The summed E-state index contributed by atoms with van der Waals surface area (Å²) in [7, 11) is 0. The Kier molecular flexibility index (Phi) is 5.58. The Hall–Kier alpha value is -2.54. The SMILES string of the molecule is Oc1ccc(C2CCCCC2)c(Cc2ccccc2)c1Cc1ccccc1. The largest absolute Gasteiger partial charge is 0.508 e. The van der Waals surface area contributed by atoms with Crippen molar-refractivity contribution in [2.75, 3.05) is 0 Å². The first-order valence-electron chi connectivity index (χ1n) is 10.2. The number of phenols is 1. The number of hydrogen-bond donors (Lipinski definition) is 1.